The maximum atomic E-state index is 12.1. The Kier molecular flexibility index (Phi) is 5.32. The van der Waals surface area contributed by atoms with Gasteiger partial charge in [0.1, 0.15) is 5.15 Å². The van der Waals surface area contributed by atoms with Gasteiger partial charge in [0.15, 0.2) is 5.96 Å². The van der Waals surface area contributed by atoms with Crippen molar-refractivity contribution in [2.24, 2.45) is 10.7 Å². The molecule has 0 saturated carbocycles. The van der Waals surface area contributed by atoms with E-state index in [1.54, 1.807) is 19.1 Å². The fourth-order valence-corrected chi connectivity index (χ4v) is 1.43. The number of amides is 1. The summed E-state index contributed by atoms with van der Waals surface area (Å²) >= 11 is 5.62. The van der Waals surface area contributed by atoms with Crippen molar-refractivity contribution in [2.45, 2.75) is 19.6 Å². The molecule has 0 atom stereocenters. The number of alkyl halides is 3. The number of rotatable bonds is 3. The van der Waals surface area contributed by atoms with Crippen molar-refractivity contribution in [2.75, 3.05) is 6.54 Å². The predicted octanol–water partition coefficient (Wildman–Crippen LogP) is 1.96. The zero-order chi connectivity index (χ0) is 15.3. The third-order valence-corrected chi connectivity index (χ3v) is 2.55. The van der Waals surface area contributed by atoms with Gasteiger partial charge in [0.2, 0.25) is 0 Å². The maximum Gasteiger partial charge on any atom is 0.473 e. The number of hydrogen-bond donors (Lipinski definition) is 1. The van der Waals surface area contributed by atoms with Crippen molar-refractivity contribution in [3.63, 3.8) is 0 Å². The quantitative estimate of drug-likeness (QED) is 0.526. The highest BCUT2D eigenvalue weighted by Gasteiger charge is 2.39. The van der Waals surface area contributed by atoms with E-state index in [2.05, 4.69) is 9.98 Å². The molecule has 9 heteroatoms. The molecule has 0 saturated heterocycles. The lowest BCUT2D eigenvalue weighted by Gasteiger charge is -2.21. The van der Waals surface area contributed by atoms with Crippen LogP contribution >= 0.6 is 11.6 Å². The number of guanidine groups is 1. The van der Waals surface area contributed by atoms with Crippen LogP contribution in [0.2, 0.25) is 5.15 Å². The lowest BCUT2D eigenvalue weighted by molar-refractivity contribution is -0.169. The minimum atomic E-state index is -5.04. The smallest absolute Gasteiger partial charge is 0.369 e. The van der Waals surface area contributed by atoms with Crippen molar-refractivity contribution in [3.8, 4) is 0 Å². The summed E-state index contributed by atoms with van der Waals surface area (Å²) in [5.74, 6) is -2.73. The fraction of sp³-hybridized carbons (Fsp3) is 0.364. The van der Waals surface area contributed by atoms with Gasteiger partial charge in [-0.15, -0.1) is 0 Å². The van der Waals surface area contributed by atoms with Crippen molar-refractivity contribution >= 4 is 23.5 Å². The van der Waals surface area contributed by atoms with Gasteiger partial charge in [0.25, 0.3) is 0 Å². The molecule has 0 unspecified atom stereocenters. The van der Waals surface area contributed by atoms with E-state index in [0.717, 1.165) is 0 Å². The Bertz CT molecular complexity index is 501. The summed E-state index contributed by atoms with van der Waals surface area (Å²) < 4.78 is 36.3. The van der Waals surface area contributed by atoms with Crippen LogP contribution in [0.1, 0.15) is 12.5 Å². The molecule has 0 aliphatic rings. The van der Waals surface area contributed by atoms with Crippen molar-refractivity contribution in [1.82, 2.24) is 9.88 Å². The molecule has 0 aromatic carbocycles. The molecule has 1 amide bonds. The van der Waals surface area contributed by atoms with Crippen LogP contribution in [0, 0.1) is 0 Å². The predicted molar refractivity (Wildman–Crippen MR) is 68.0 cm³/mol. The van der Waals surface area contributed by atoms with Gasteiger partial charge in [-0.05, 0) is 18.6 Å². The lowest BCUT2D eigenvalue weighted by atomic mass is 10.2. The second-order valence-electron chi connectivity index (χ2n) is 3.78. The zero-order valence-corrected chi connectivity index (χ0v) is 11.2. The molecule has 110 valence electrons. The highest BCUT2D eigenvalue weighted by molar-refractivity contribution is 6.29. The van der Waals surface area contributed by atoms with E-state index < -0.39 is 18.0 Å². The Morgan fingerprint density at radius 1 is 1.50 bits per heavy atom. The van der Waals surface area contributed by atoms with Gasteiger partial charge in [-0.1, -0.05) is 17.7 Å². The van der Waals surface area contributed by atoms with Gasteiger partial charge >= 0.3 is 12.1 Å². The van der Waals surface area contributed by atoms with Crippen LogP contribution in [0.15, 0.2) is 23.3 Å². The molecular weight excluding hydrogens is 297 g/mol. The number of aromatic nitrogens is 1. The number of hydrogen-bond acceptors (Lipinski definition) is 2. The van der Waals surface area contributed by atoms with E-state index in [1.807, 2.05) is 0 Å². The summed E-state index contributed by atoms with van der Waals surface area (Å²) in [6.45, 7) is 2.12. The Labute approximate surface area is 118 Å². The van der Waals surface area contributed by atoms with Crippen LogP contribution < -0.4 is 5.73 Å². The van der Waals surface area contributed by atoms with E-state index in [4.69, 9.17) is 17.3 Å². The number of halogens is 4. The van der Waals surface area contributed by atoms with Crippen LogP contribution in [0.5, 0.6) is 0 Å². The molecule has 0 spiro atoms. The molecule has 0 radical (unpaired) electrons. The second-order valence-corrected chi connectivity index (χ2v) is 4.16. The minimum absolute atomic E-state index is 0.168. The molecule has 1 rings (SSSR count). The second kappa shape index (κ2) is 6.56. The van der Waals surface area contributed by atoms with Crippen LogP contribution in [0.3, 0.4) is 0 Å². The molecule has 1 aromatic heterocycles. The van der Waals surface area contributed by atoms with Gasteiger partial charge < -0.3 is 10.6 Å². The fourth-order valence-electron chi connectivity index (χ4n) is 1.31. The summed E-state index contributed by atoms with van der Waals surface area (Å²) in [7, 11) is 0. The largest absolute Gasteiger partial charge is 0.473 e. The lowest BCUT2D eigenvalue weighted by Crippen LogP contribution is -2.38. The molecule has 2 N–H and O–H groups in total. The van der Waals surface area contributed by atoms with E-state index in [9.17, 15) is 18.0 Å². The van der Waals surface area contributed by atoms with E-state index in [-0.39, 0.29) is 13.1 Å². The van der Waals surface area contributed by atoms with Crippen LogP contribution in [0.4, 0.5) is 13.2 Å². The number of pyridine rings is 1. The molecule has 0 aliphatic heterocycles. The Hall–Kier alpha value is -1.83. The number of nitrogens with zero attached hydrogens (tertiary/aromatic N) is 3. The van der Waals surface area contributed by atoms with Crippen molar-refractivity contribution < 1.29 is 18.0 Å². The normalized spacial score (nSPS) is 12.3. The average molecular weight is 309 g/mol. The van der Waals surface area contributed by atoms with Gasteiger partial charge in [0, 0.05) is 19.3 Å². The van der Waals surface area contributed by atoms with Crippen LogP contribution in [-0.4, -0.2) is 34.5 Å². The summed E-state index contributed by atoms with van der Waals surface area (Å²) in [6, 6.07) is 3.19. The third kappa shape index (κ3) is 4.69. The number of carbonyl (C=O) groups is 1. The molecule has 20 heavy (non-hydrogen) atoms. The van der Waals surface area contributed by atoms with Crippen molar-refractivity contribution in [3.05, 3.63) is 29.0 Å². The van der Waals surface area contributed by atoms with Crippen LogP contribution in [-0.2, 0) is 11.3 Å². The summed E-state index contributed by atoms with van der Waals surface area (Å²) in [4.78, 5) is 18.7. The van der Waals surface area contributed by atoms with Gasteiger partial charge in [-0.3, -0.25) is 4.79 Å². The minimum Gasteiger partial charge on any atom is -0.369 e. The summed E-state index contributed by atoms with van der Waals surface area (Å²) in [5.41, 5.74) is 6.09. The molecule has 1 aromatic rings. The number of aliphatic imine (C=N–C) groups is 1. The number of carbonyl (C=O) groups excluding carboxylic acids is 1. The first-order chi connectivity index (χ1) is 9.24. The van der Waals surface area contributed by atoms with E-state index in [0.29, 0.717) is 10.7 Å². The molecule has 1 heterocycles. The molecule has 5 nitrogen and oxygen atoms in total. The molecule has 0 aliphatic carbocycles. The Morgan fingerprint density at radius 3 is 2.60 bits per heavy atom. The first-order valence-corrected chi connectivity index (χ1v) is 5.92. The monoisotopic (exact) mass is 308 g/mol. The van der Waals surface area contributed by atoms with Crippen molar-refractivity contribution in [1.29, 1.82) is 0 Å². The molecule has 0 fully saturated rings. The highest BCUT2D eigenvalue weighted by Crippen LogP contribution is 2.16. The van der Waals surface area contributed by atoms with Crippen LogP contribution in [0.25, 0.3) is 0 Å². The molecular formula is C11H12ClF3N4O. The van der Waals surface area contributed by atoms with Gasteiger partial charge in [0.05, 0.1) is 0 Å². The molecule has 0 bridgehead atoms. The summed E-state index contributed by atoms with van der Waals surface area (Å²) in [6.07, 6.45) is -3.57. The third-order valence-electron chi connectivity index (χ3n) is 2.33. The standard InChI is InChI=1S/C11H12ClF3N4O/c1-2-19(6-7-3-4-8(12)17-5-7)10(16)18-9(20)11(13,14)15/h3-5H,2,6H2,1H3,(H2,16,18,20). The Balaban J connectivity index is 2.82. The summed E-state index contributed by atoms with van der Waals surface area (Å²) in [5, 5.41) is 0.297. The van der Waals surface area contributed by atoms with Gasteiger partial charge in [-0.2, -0.15) is 18.2 Å². The first-order valence-electron chi connectivity index (χ1n) is 5.54. The number of nitrogens with two attached hydrogens (primary N) is 1. The topological polar surface area (TPSA) is 71.6 Å². The maximum absolute atomic E-state index is 12.1. The zero-order valence-electron chi connectivity index (χ0n) is 10.5. The van der Waals surface area contributed by atoms with E-state index in [1.165, 1.54) is 11.1 Å². The first kappa shape index (κ1) is 16.2. The van der Waals surface area contributed by atoms with E-state index >= 15 is 0 Å². The van der Waals surface area contributed by atoms with Gasteiger partial charge in [-0.25, -0.2) is 4.98 Å². The average Bonchev–Trinajstić information content (AvgIpc) is 2.36. The SMILES string of the molecule is CCN(Cc1ccc(Cl)nc1)C(N)=NC(=O)C(F)(F)F. The Morgan fingerprint density at radius 2 is 2.15 bits per heavy atom. The highest BCUT2D eigenvalue weighted by atomic mass is 35.5.